The Balaban J connectivity index is 1.70. The van der Waals surface area contributed by atoms with E-state index in [0.29, 0.717) is 19.1 Å². The van der Waals surface area contributed by atoms with Crippen molar-refractivity contribution in [1.29, 1.82) is 0 Å². The second kappa shape index (κ2) is 11.3. The van der Waals surface area contributed by atoms with Crippen molar-refractivity contribution in [3.05, 3.63) is 71.8 Å². The van der Waals surface area contributed by atoms with Crippen LogP contribution in [0.15, 0.2) is 60.7 Å². The SMILES string of the molecule is CC(CCOc1ccc(C=CC(=O)O)cc1)COc1ccc(C=CC(=O)O)cc1. The second-order valence-corrected chi connectivity index (χ2v) is 6.53. The smallest absolute Gasteiger partial charge is 0.328 e. The molecule has 1 unspecified atom stereocenters. The quantitative estimate of drug-likeness (QED) is 0.548. The average molecular weight is 396 g/mol. The third-order valence-corrected chi connectivity index (χ3v) is 4.01. The van der Waals surface area contributed by atoms with Gasteiger partial charge in [-0.1, -0.05) is 31.2 Å². The molecule has 6 nitrogen and oxygen atoms in total. The third kappa shape index (κ3) is 8.79. The van der Waals surface area contributed by atoms with Crippen LogP contribution in [0.2, 0.25) is 0 Å². The molecule has 0 bridgehead atoms. The molecule has 2 aromatic rings. The maximum absolute atomic E-state index is 10.5. The summed E-state index contributed by atoms with van der Waals surface area (Å²) in [4.78, 5) is 21.0. The number of carbonyl (C=O) groups is 2. The van der Waals surface area contributed by atoms with E-state index in [9.17, 15) is 9.59 Å². The summed E-state index contributed by atoms with van der Waals surface area (Å²) in [6, 6.07) is 14.4. The number of hydrogen-bond acceptors (Lipinski definition) is 4. The Hall–Kier alpha value is -3.54. The molecule has 29 heavy (non-hydrogen) atoms. The number of aliphatic carboxylic acids is 2. The van der Waals surface area contributed by atoms with E-state index in [1.165, 1.54) is 12.2 Å². The molecule has 0 aliphatic rings. The first-order valence-electron chi connectivity index (χ1n) is 9.20. The van der Waals surface area contributed by atoms with Gasteiger partial charge in [0.2, 0.25) is 0 Å². The van der Waals surface area contributed by atoms with Crippen molar-refractivity contribution in [3.8, 4) is 11.5 Å². The van der Waals surface area contributed by atoms with E-state index in [0.717, 1.165) is 41.2 Å². The lowest BCUT2D eigenvalue weighted by molar-refractivity contribution is -0.132. The van der Waals surface area contributed by atoms with E-state index in [1.54, 1.807) is 24.3 Å². The van der Waals surface area contributed by atoms with Gasteiger partial charge in [0.05, 0.1) is 13.2 Å². The Labute approximate surface area is 169 Å². The number of benzene rings is 2. The predicted molar refractivity (Wildman–Crippen MR) is 111 cm³/mol. The summed E-state index contributed by atoms with van der Waals surface area (Å²) < 4.78 is 11.5. The minimum atomic E-state index is -0.979. The Morgan fingerprint density at radius 2 is 1.28 bits per heavy atom. The summed E-state index contributed by atoms with van der Waals surface area (Å²) in [6.07, 6.45) is 6.07. The number of rotatable bonds is 11. The molecule has 0 saturated carbocycles. The van der Waals surface area contributed by atoms with E-state index >= 15 is 0 Å². The lowest BCUT2D eigenvalue weighted by Gasteiger charge is -2.14. The lowest BCUT2D eigenvalue weighted by atomic mass is 10.1. The molecule has 0 aliphatic carbocycles. The van der Waals surface area contributed by atoms with E-state index in [2.05, 4.69) is 6.92 Å². The highest BCUT2D eigenvalue weighted by atomic mass is 16.5. The van der Waals surface area contributed by atoms with Gasteiger partial charge in [0.1, 0.15) is 11.5 Å². The summed E-state index contributed by atoms with van der Waals surface area (Å²) in [6.45, 7) is 3.17. The van der Waals surface area contributed by atoms with Crippen LogP contribution >= 0.6 is 0 Å². The highest BCUT2D eigenvalue weighted by molar-refractivity contribution is 5.85. The highest BCUT2D eigenvalue weighted by Gasteiger charge is 2.05. The fourth-order valence-electron chi connectivity index (χ4n) is 2.39. The molecule has 0 aliphatic heterocycles. The minimum Gasteiger partial charge on any atom is -0.494 e. The van der Waals surface area contributed by atoms with E-state index in [4.69, 9.17) is 19.7 Å². The molecule has 152 valence electrons. The van der Waals surface area contributed by atoms with Gasteiger partial charge in [-0.2, -0.15) is 0 Å². The molecule has 0 radical (unpaired) electrons. The third-order valence-electron chi connectivity index (χ3n) is 4.01. The Morgan fingerprint density at radius 1 is 0.828 bits per heavy atom. The monoisotopic (exact) mass is 396 g/mol. The van der Waals surface area contributed by atoms with Crippen molar-refractivity contribution in [2.24, 2.45) is 5.92 Å². The van der Waals surface area contributed by atoms with Crippen LogP contribution in [0.1, 0.15) is 24.5 Å². The van der Waals surface area contributed by atoms with Gasteiger partial charge in [0.15, 0.2) is 0 Å². The predicted octanol–water partition coefficient (Wildman–Crippen LogP) is 4.37. The molecule has 2 aromatic carbocycles. The number of hydrogen-bond donors (Lipinski definition) is 2. The minimum absolute atomic E-state index is 0.291. The second-order valence-electron chi connectivity index (χ2n) is 6.53. The fourth-order valence-corrected chi connectivity index (χ4v) is 2.39. The number of carboxylic acids is 2. The molecule has 0 saturated heterocycles. The number of carboxylic acid groups (broad SMARTS) is 2. The van der Waals surface area contributed by atoms with Crippen LogP contribution in [0, 0.1) is 5.92 Å². The molecule has 0 fully saturated rings. The maximum atomic E-state index is 10.5. The van der Waals surface area contributed by atoms with Gasteiger partial charge in [0.25, 0.3) is 0 Å². The molecule has 0 spiro atoms. The van der Waals surface area contributed by atoms with Gasteiger partial charge in [-0.3, -0.25) is 0 Å². The van der Waals surface area contributed by atoms with Gasteiger partial charge >= 0.3 is 11.9 Å². The summed E-state index contributed by atoms with van der Waals surface area (Å²) in [5, 5.41) is 17.2. The normalized spacial score (nSPS) is 12.2. The Kier molecular flexibility index (Phi) is 8.51. The van der Waals surface area contributed by atoms with Crippen LogP contribution in [0.25, 0.3) is 12.2 Å². The molecule has 6 heteroatoms. The standard InChI is InChI=1S/C23H24O6/c1-17(16-29-21-10-4-19(5-11-21)7-13-23(26)27)14-15-28-20-8-2-18(3-9-20)6-12-22(24)25/h2-13,17H,14-16H2,1H3,(H,24,25)(H,26,27). The molecule has 2 N–H and O–H groups in total. The largest absolute Gasteiger partial charge is 0.494 e. The molecular formula is C23H24O6. The van der Waals surface area contributed by atoms with Crippen LogP contribution in [0.3, 0.4) is 0 Å². The van der Waals surface area contributed by atoms with E-state index in [-0.39, 0.29) is 0 Å². The van der Waals surface area contributed by atoms with Crippen molar-refractivity contribution in [2.45, 2.75) is 13.3 Å². The molecule has 0 amide bonds. The van der Waals surface area contributed by atoms with Gasteiger partial charge in [0, 0.05) is 12.2 Å². The maximum Gasteiger partial charge on any atom is 0.328 e. The molecule has 0 heterocycles. The van der Waals surface area contributed by atoms with E-state index in [1.807, 2.05) is 24.3 Å². The lowest BCUT2D eigenvalue weighted by Crippen LogP contribution is -2.12. The Morgan fingerprint density at radius 3 is 1.72 bits per heavy atom. The zero-order valence-electron chi connectivity index (χ0n) is 16.2. The van der Waals surface area contributed by atoms with Crippen molar-refractivity contribution < 1.29 is 29.3 Å². The van der Waals surface area contributed by atoms with Gasteiger partial charge in [-0.05, 0) is 59.9 Å². The molecule has 0 aromatic heterocycles. The summed E-state index contributed by atoms with van der Waals surface area (Å²) >= 11 is 0. The first kappa shape index (κ1) is 21.8. The van der Waals surface area contributed by atoms with Crippen LogP contribution in [0.5, 0.6) is 11.5 Å². The van der Waals surface area contributed by atoms with E-state index < -0.39 is 11.9 Å². The average Bonchev–Trinajstić information content (AvgIpc) is 2.71. The highest BCUT2D eigenvalue weighted by Crippen LogP contribution is 2.17. The van der Waals surface area contributed by atoms with Gasteiger partial charge in [-0.25, -0.2) is 9.59 Å². The molecule has 2 rings (SSSR count). The Bertz CT molecular complexity index is 850. The number of ether oxygens (including phenoxy) is 2. The summed E-state index contributed by atoms with van der Waals surface area (Å²) in [5.74, 6) is -0.204. The summed E-state index contributed by atoms with van der Waals surface area (Å²) in [7, 11) is 0. The zero-order chi connectivity index (χ0) is 21.1. The molecule has 1 atom stereocenters. The summed E-state index contributed by atoms with van der Waals surface area (Å²) in [5.41, 5.74) is 1.59. The fraction of sp³-hybridized carbons (Fsp3) is 0.217. The van der Waals surface area contributed by atoms with Crippen molar-refractivity contribution in [1.82, 2.24) is 0 Å². The van der Waals surface area contributed by atoms with Crippen molar-refractivity contribution in [3.63, 3.8) is 0 Å². The van der Waals surface area contributed by atoms with Crippen LogP contribution in [-0.4, -0.2) is 35.4 Å². The van der Waals surface area contributed by atoms with Crippen molar-refractivity contribution in [2.75, 3.05) is 13.2 Å². The van der Waals surface area contributed by atoms with Gasteiger partial charge in [-0.15, -0.1) is 0 Å². The zero-order valence-corrected chi connectivity index (χ0v) is 16.2. The first-order chi connectivity index (χ1) is 13.9. The van der Waals surface area contributed by atoms with Crippen LogP contribution < -0.4 is 9.47 Å². The van der Waals surface area contributed by atoms with Crippen molar-refractivity contribution >= 4 is 24.1 Å². The molecular weight excluding hydrogens is 372 g/mol. The van der Waals surface area contributed by atoms with Gasteiger partial charge < -0.3 is 19.7 Å². The van der Waals surface area contributed by atoms with Crippen LogP contribution in [0.4, 0.5) is 0 Å². The first-order valence-corrected chi connectivity index (χ1v) is 9.20. The van der Waals surface area contributed by atoms with Crippen LogP contribution in [-0.2, 0) is 9.59 Å². The topological polar surface area (TPSA) is 93.1 Å².